The summed E-state index contributed by atoms with van der Waals surface area (Å²) in [6, 6.07) is 2.10. The van der Waals surface area contributed by atoms with E-state index in [4.69, 9.17) is 4.98 Å². The predicted molar refractivity (Wildman–Crippen MR) is 88.8 cm³/mol. The summed E-state index contributed by atoms with van der Waals surface area (Å²) in [5, 5.41) is 5.50. The molecular weight excluding hydrogens is 352 g/mol. The molecule has 0 unspecified atom stereocenters. The number of hydrogen-bond donors (Lipinski definition) is 0. The van der Waals surface area contributed by atoms with Crippen LogP contribution in [0, 0.1) is 6.92 Å². The summed E-state index contributed by atoms with van der Waals surface area (Å²) in [5.74, 6) is 0. The molecule has 0 saturated carbocycles. The Morgan fingerprint density at radius 3 is 2.86 bits per heavy atom. The quantitative estimate of drug-likeness (QED) is 0.611. The van der Waals surface area contributed by atoms with Crippen LogP contribution in [0.1, 0.15) is 16.8 Å². The predicted octanol–water partition coefficient (Wildman–Crippen LogP) is 3.62. The molecule has 4 nitrogen and oxygen atoms in total. The molecule has 0 atom stereocenters. The summed E-state index contributed by atoms with van der Waals surface area (Å²) in [6.45, 7) is 2.17. The van der Waals surface area contributed by atoms with Gasteiger partial charge in [0.15, 0.2) is 5.65 Å². The molecule has 0 N–H and O–H groups in total. The molecular formula is C15H14BrClN4. The van der Waals surface area contributed by atoms with Crippen LogP contribution in [0.15, 0.2) is 22.9 Å². The first-order valence-electron chi connectivity index (χ1n) is 6.61. The van der Waals surface area contributed by atoms with Crippen molar-refractivity contribution in [1.82, 2.24) is 19.7 Å². The fraction of sp³-hybridized carbons (Fsp3) is 0.267. The molecule has 0 fully saturated rings. The van der Waals surface area contributed by atoms with Gasteiger partial charge in [-0.25, -0.2) is 9.97 Å². The average molecular weight is 366 g/mol. The lowest BCUT2D eigenvalue weighted by Crippen LogP contribution is -2.10. The van der Waals surface area contributed by atoms with E-state index in [-0.39, 0.29) is 12.4 Å². The summed E-state index contributed by atoms with van der Waals surface area (Å²) >= 11 is 3.49. The van der Waals surface area contributed by atoms with Crippen LogP contribution in [0.5, 0.6) is 0 Å². The Morgan fingerprint density at radius 1 is 1.24 bits per heavy atom. The van der Waals surface area contributed by atoms with Gasteiger partial charge >= 0.3 is 0 Å². The zero-order valence-corrected chi connectivity index (χ0v) is 14.1. The summed E-state index contributed by atoms with van der Waals surface area (Å²) < 4.78 is 2.95. The van der Waals surface area contributed by atoms with Crippen molar-refractivity contribution < 1.29 is 0 Å². The van der Waals surface area contributed by atoms with E-state index in [9.17, 15) is 0 Å². The Hall–Kier alpha value is -1.46. The maximum atomic E-state index is 4.79. The van der Waals surface area contributed by atoms with Crippen LogP contribution in [0.2, 0.25) is 0 Å². The molecule has 6 heteroatoms. The Balaban J connectivity index is 0.00000132. The number of aryl methyl sites for hydroxylation is 2. The third-order valence-electron chi connectivity index (χ3n) is 4.12. The van der Waals surface area contributed by atoms with Crippen LogP contribution in [0.25, 0.3) is 22.3 Å². The molecule has 0 amide bonds. The van der Waals surface area contributed by atoms with Gasteiger partial charge in [0.1, 0.15) is 0 Å². The van der Waals surface area contributed by atoms with Crippen molar-refractivity contribution >= 4 is 39.4 Å². The van der Waals surface area contributed by atoms with Crippen LogP contribution in [-0.4, -0.2) is 19.7 Å². The highest BCUT2D eigenvalue weighted by Crippen LogP contribution is 2.36. The summed E-state index contributed by atoms with van der Waals surface area (Å²) in [4.78, 5) is 9.23. The molecule has 3 heterocycles. The normalized spacial score (nSPS) is 12.7. The van der Waals surface area contributed by atoms with E-state index in [2.05, 4.69) is 39.0 Å². The van der Waals surface area contributed by atoms with Gasteiger partial charge in [-0.3, -0.25) is 4.68 Å². The van der Waals surface area contributed by atoms with Crippen LogP contribution >= 0.6 is 28.3 Å². The van der Waals surface area contributed by atoms with Crippen molar-refractivity contribution in [3.05, 3.63) is 39.8 Å². The van der Waals surface area contributed by atoms with Gasteiger partial charge in [0.2, 0.25) is 0 Å². The Morgan fingerprint density at radius 2 is 2.05 bits per heavy atom. The van der Waals surface area contributed by atoms with Crippen molar-refractivity contribution in [2.24, 2.45) is 7.05 Å². The smallest absolute Gasteiger partial charge is 0.160 e. The lowest BCUT2D eigenvalue weighted by molar-refractivity contribution is 0.699. The first kappa shape index (κ1) is 14.5. The van der Waals surface area contributed by atoms with Gasteiger partial charge in [-0.1, -0.05) is 0 Å². The molecule has 0 aliphatic heterocycles. The average Bonchev–Trinajstić information content (AvgIpc) is 2.82. The van der Waals surface area contributed by atoms with Crippen molar-refractivity contribution in [3.63, 3.8) is 0 Å². The molecule has 0 saturated heterocycles. The lowest BCUT2D eigenvalue weighted by Gasteiger charge is -2.19. The van der Waals surface area contributed by atoms with Gasteiger partial charge in [-0.2, -0.15) is 5.10 Å². The zero-order valence-electron chi connectivity index (χ0n) is 11.7. The van der Waals surface area contributed by atoms with E-state index >= 15 is 0 Å². The van der Waals surface area contributed by atoms with E-state index in [1.165, 1.54) is 16.8 Å². The van der Waals surface area contributed by atoms with Crippen LogP contribution < -0.4 is 0 Å². The van der Waals surface area contributed by atoms with Crippen LogP contribution in [0.4, 0.5) is 0 Å². The van der Waals surface area contributed by atoms with Crippen molar-refractivity contribution in [2.75, 3.05) is 0 Å². The van der Waals surface area contributed by atoms with Crippen molar-refractivity contribution in [2.45, 2.75) is 19.8 Å². The monoisotopic (exact) mass is 364 g/mol. The third-order valence-corrected chi connectivity index (χ3v) is 4.56. The van der Waals surface area contributed by atoms with Crippen LogP contribution in [-0.2, 0) is 19.9 Å². The molecule has 108 valence electrons. The van der Waals surface area contributed by atoms with E-state index in [0.717, 1.165) is 39.6 Å². The topological polar surface area (TPSA) is 43.6 Å². The standard InChI is InChI=1S/C15H13BrN4.ClH/c1-8-10-3-4-13-12(7-18-20(13)2)14(10)19-15-11(8)5-9(16)6-17-15;/h5-7H,3-4H2,1-2H3;1H. The highest BCUT2D eigenvalue weighted by molar-refractivity contribution is 9.10. The second-order valence-corrected chi connectivity index (χ2v) is 6.13. The maximum Gasteiger partial charge on any atom is 0.160 e. The number of halogens is 2. The maximum absolute atomic E-state index is 4.79. The van der Waals surface area contributed by atoms with Gasteiger partial charge < -0.3 is 0 Å². The molecule has 0 bridgehead atoms. The highest BCUT2D eigenvalue weighted by Gasteiger charge is 2.23. The minimum atomic E-state index is 0. The molecule has 1 aliphatic carbocycles. The first-order chi connectivity index (χ1) is 9.65. The van der Waals surface area contributed by atoms with Crippen molar-refractivity contribution in [1.29, 1.82) is 0 Å². The second-order valence-electron chi connectivity index (χ2n) is 5.22. The molecule has 0 aromatic carbocycles. The number of fused-ring (bicyclic) bond motifs is 4. The Labute approximate surface area is 137 Å². The molecule has 0 radical (unpaired) electrons. The molecule has 21 heavy (non-hydrogen) atoms. The largest absolute Gasteiger partial charge is 0.272 e. The first-order valence-corrected chi connectivity index (χ1v) is 7.40. The lowest BCUT2D eigenvalue weighted by atomic mass is 9.90. The Bertz CT molecular complexity index is 856. The summed E-state index contributed by atoms with van der Waals surface area (Å²) in [6.07, 6.45) is 5.76. The van der Waals surface area contributed by atoms with E-state index in [1.807, 2.05) is 17.9 Å². The molecule has 3 aromatic rings. The fourth-order valence-corrected chi connectivity index (χ4v) is 3.37. The minimum absolute atomic E-state index is 0. The summed E-state index contributed by atoms with van der Waals surface area (Å²) in [5.41, 5.74) is 6.90. The van der Waals surface area contributed by atoms with E-state index < -0.39 is 0 Å². The van der Waals surface area contributed by atoms with Gasteiger partial charge in [0.05, 0.1) is 11.9 Å². The fourth-order valence-electron chi connectivity index (χ4n) is 3.04. The van der Waals surface area contributed by atoms with Gasteiger partial charge in [0, 0.05) is 34.4 Å². The van der Waals surface area contributed by atoms with E-state index in [0.29, 0.717) is 0 Å². The summed E-state index contributed by atoms with van der Waals surface area (Å²) in [7, 11) is 1.99. The van der Waals surface area contributed by atoms with Crippen molar-refractivity contribution in [3.8, 4) is 11.3 Å². The molecule has 4 rings (SSSR count). The molecule has 3 aromatic heterocycles. The highest BCUT2D eigenvalue weighted by atomic mass is 79.9. The van der Waals surface area contributed by atoms with Gasteiger partial charge in [-0.15, -0.1) is 12.4 Å². The Kier molecular flexibility index (Phi) is 3.50. The molecule has 0 spiro atoms. The number of nitrogens with zero attached hydrogens (tertiary/aromatic N) is 4. The van der Waals surface area contributed by atoms with Crippen LogP contribution in [0.3, 0.4) is 0 Å². The second kappa shape index (κ2) is 5.07. The zero-order chi connectivity index (χ0) is 13.9. The number of pyridine rings is 2. The molecule has 1 aliphatic rings. The number of rotatable bonds is 0. The SMILES string of the molecule is Cc1c2c(nc3ncc(Br)cc13)-c1cnn(C)c1CC2.Cl. The minimum Gasteiger partial charge on any atom is -0.272 e. The van der Waals surface area contributed by atoms with Gasteiger partial charge in [0.25, 0.3) is 0 Å². The van der Waals surface area contributed by atoms with Gasteiger partial charge in [-0.05, 0) is 52.9 Å². The van der Waals surface area contributed by atoms with E-state index in [1.54, 1.807) is 6.20 Å². The number of aromatic nitrogens is 4. The third kappa shape index (κ3) is 2.07. The number of hydrogen-bond acceptors (Lipinski definition) is 3.